The number of rotatable bonds is 1. The van der Waals surface area contributed by atoms with E-state index in [1.807, 2.05) is 6.92 Å². The van der Waals surface area contributed by atoms with Crippen molar-refractivity contribution in [3.8, 4) is 0 Å². The van der Waals surface area contributed by atoms with Gasteiger partial charge in [0.05, 0.1) is 18.6 Å². The first-order valence-corrected chi connectivity index (χ1v) is 10.0. The van der Waals surface area contributed by atoms with Crippen molar-refractivity contribution in [1.29, 1.82) is 0 Å². The third-order valence-corrected chi connectivity index (χ3v) is 6.59. The highest BCUT2D eigenvalue weighted by Gasteiger charge is 2.28. The molecule has 0 spiro atoms. The Morgan fingerprint density at radius 1 is 1.27 bits per heavy atom. The molecule has 26 heavy (non-hydrogen) atoms. The normalized spacial score (nSPS) is 20.7. The van der Waals surface area contributed by atoms with Crippen molar-refractivity contribution in [3.63, 3.8) is 0 Å². The van der Waals surface area contributed by atoms with Crippen LogP contribution in [0, 0.1) is 6.92 Å². The van der Waals surface area contributed by atoms with Gasteiger partial charge in [0.2, 0.25) is 5.82 Å². The fourth-order valence-electron chi connectivity index (χ4n) is 4.08. The summed E-state index contributed by atoms with van der Waals surface area (Å²) in [5.41, 5.74) is 2.14. The molecule has 1 amide bonds. The van der Waals surface area contributed by atoms with Crippen molar-refractivity contribution < 1.29 is 9.53 Å². The van der Waals surface area contributed by atoms with Gasteiger partial charge in [0.25, 0.3) is 5.91 Å². The van der Waals surface area contributed by atoms with E-state index in [1.165, 1.54) is 23.3 Å². The molecule has 136 valence electrons. The first-order chi connectivity index (χ1) is 12.6. The topological polar surface area (TPSA) is 72.6 Å². The zero-order valence-electron chi connectivity index (χ0n) is 15.0. The summed E-state index contributed by atoms with van der Waals surface area (Å²) < 4.78 is 7.08. The van der Waals surface area contributed by atoms with E-state index in [4.69, 9.17) is 9.72 Å². The number of fused-ring (bicyclic) bond motifs is 5. The van der Waals surface area contributed by atoms with E-state index in [1.54, 1.807) is 20.8 Å². The Kier molecular flexibility index (Phi) is 3.72. The van der Waals surface area contributed by atoms with Crippen LogP contribution in [0.3, 0.4) is 0 Å². The van der Waals surface area contributed by atoms with Gasteiger partial charge in [-0.1, -0.05) is 6.92 Å². The monoisotopic (exact) mass is 371 g/mol. The van der Waals surface area contributed by atoms with E-state index in [0.717, 1.165) is 28.1 Å². The molecule has 8 heteroatoms. The van der Waals surface area contributed by atoms with Crippen LogP contribution in [0.1, 0.15) is 52.6 Å². The van der Waals surface area contributed by atoms with Gasteiger partial charge in [0.1, 0.15) is 10.7 Å². The van der Waals surface area contributed by atoms with E-state index in [-0.39, 0.29) is 11.7 Å². The Balaban J connectivity index is 1.69. The van der Waals surface area contributed by atoms with Crippen LogP contribution in [-0.2, 0) is 11.2 Å². The smallest absolute Gasteiger partial charge is 0.293 e. The fourth-order valence-corrected chi connectivity index (χ4v) is 5.46. The number of aromatic nitrogens is 4. The zero-order valence-corrected chi connectivity index (χ0v) is 15.8. The summed E-state index contributed by atoms with van der Waals surface area (Å²) in [6, 6.07) is 0. The average molecular weight is 371 g/mol. The van der Waals surface area contributed by atoms with Gasteiger partial charge in [-0.05, 0) is 37.7 Å². The molecule has 5 rings (SSSR count). The Morgan fingerprint density at radius 2 is 2.08 bits per heavy atom. The summed E-state index contributed by atoms with van der Waals surface area (Å²) in [6.45, 7) is 6.51. The minimum atomic E-state index is -0.123. The Bertz CT molecular complexity index is 1020. The molecule has 0 radical (unpaired) electrons. The van der Waals surface area contributed by atoms with E-state index in [2.05, 4.69) is 17.0 Å². The lowest BCUT2D eigenvalue weighted by molar-refractivity contribution is 0.0295. The van der Waals surface area contributed by atoms with Gasteiger partial charge in [-0.3, -0.25) is 4.79 Å². The van der Waals surface area contributed by atoms with Crippen LogP contribution >= 0.6 is 11.3 Å². The molecule has 0 unspecified atom stereocenters. The molecule has 1 aliphatic heterocycles. The van der Waals surface area contributed by atoms with Gasteiger partial charge in [0, 0.05) is 18.0 Å². The molecule has 4 heterocycles. The summed E-state index contributed by atoms with van der Waals surface area (Å²) >= 11 is 1.77. The highest BCUT2D eigenvalue weighted by atomic mass is 32.1. The van der Waals surface area contributed by atoms with Crippen molar-refractivity contribution in [1.82, 2.24) is 24.5 Å². The van der Waals surface area contributed by atoms with Crippen LogP contribution in [0.25, 0.3) is 15.9 Å². The van der Waals surface area contributed by atoms with Gasteiger partial charge in [-0.15, -0.1) is 16.4 Å². The highest BCUT2D eigenvalue weighted by molar-refractivity contribution is 7.19. The van der Waals surface area contributed by atoms with Crippen LogP contribution in [0.15, 0.2) is 0 Å². The molecule has 1 aliphatic carbocycles. The van der Waals surface area contributed by atoms with Crippen LogP contribution in [0.5, 0.6) is 0 Å². The third kappa shape index (κ3) is 2.35. The van der Waals surface area contributed by atoms with Crippen molar-refractivity contribution in [2.75, 3.05) is 26.3 Å². The molecule has 0 N–H and O–H groups in total. The predicted molar refractivity (Wildman–Crippen MR) is 99.0 cm³/mol. The lowest BCUT2D eigenvalue weighted by atomic mass is 9.87. The summed E-state index contributed by atoms with van der Waals surface area (Å²) in [4.78, 5) is 26.5. The van der Waals surface area contributed by atoms with Gasteiger partial charge in [-0.2, -0.15) is 4.52 Å². The molecule has 1 fully saturated rings. The highest BCUT2D eigenvalue weighted by Crippen LogP contribution is 2.42. The minimum absolute atomic E-state index is 0.123. The first-order valence-electron chi connectivity index (χ1n) is 9.19. The fraction of sp³-hybridized carbons (Fsp3) is 0.556. The number of morpholine rings is 1. The SMILES string of the molecule is Cc1nc2sc3c(c2c2nc(C(=O)N4CCOCC4)nn12)[C@@H](C)CCC3. The molecule has 0 aromatic carbocycles. The average Bonchev–Trinajstić information content (AvgIpc) is 3.24. The number of hydrogen-bond donors (Lipinski definition) is 0. The minimum Gasteiger partial charge on any atom is -0.378 e. The van der Waals surface area contributed by atoms with Crippen LogP contribution in [0.2, 0.25) is 0 Å². The molecule has 1 saturated heterocycles. The lowest BCUT2D eigenvalue weighted by Gasteiger charge is -2.25. The van der Waals surface area contributed by atoms with Crippen molar-refractivity contribution >= 4 is 33.1 Å². The molecule has 1 atom stereocenters. The van der Waals surface area contributed by atoms with E-state index < -0.39 is 0 Å². The first kappa shape index (κ1) is 16.1. The third-order valence-electron chi connectivity index (χ3n) is 5.43. The maximum Gasteiger partial charge on any atom is 0.293 e. The summed E-state index contributed by atoms with van der Waals surface area (Å²) in [5, 5.41) is 5.60. The number of thiophene rings is 1. The molecule has 7 nitrogen and oxygen atoms in total. The molecule has 3 aromatic rings. The molecular weight excluding hydrogens is 350 g/mol. The molecule has 0 saturated carbocycles. The number of carbonyl (C=O) groups excluding carboxylic acids is 1. The standard InChI is InChI=1S/C18H21N5O2S/c1-10-4-3-5-12-13(10)14-16-20-15(18(24)22-6-8-25-9-7-22)21-23(16)11(2)19-17(14)26-12/h10H,3-9H2,1-2H3/t10-/m0/s1. The van der Waals surface area contributed by atoms with Crippen LogP contribution in [-0.4, -0.2) is 56.7 Å². The molecule has 3 aromatic heterocycles. The number of aryl methyl sites for hydroxylation is 2. The van der Waals surface area contributed by atoms with Crippen molar-refractivity contribution in [2.45, 2.75) is 39.0 Å². The van der Waals surface area contributed by atoms with E-state index in [9.17, 15) is 4.79 Å². The van der Waals surface area contributed by atoms with Crippen LogP contribution < -0.4 is 0 Å². The van der Waals surface area contributed by atoms with Gasteiger partial charge >= 0.3 is 0 Å². The number of amides is 1. The van der Waals surface area contributed by atoms with Gasteiger partial charge < -0.3 is 9.64 Å². The maximum absolute atomic E-state index is 12.8. The molecule has 2 aliphatic rings. The van der Waals surface area contributed by atoms with E-state index >= 15 is 0 Å². The second-order valence-corrected chi connectivity index (χ2v) is 8.23. The van der Waals surface area contributed by atoms with E-state index in [0.29, 0.717) is 32.2 Å². The summed E-state index contributed by atoms with van der Waals surface area (Å²) in [6.07, 6.45) is 3.52. The molecular formula is C18H21N5O2S. The number of ether oxygens (including phenoxy) is 1. The molecule has 0 bridgehead atoms. The Morgan fingerprint density at radius 3 is 2.88 bits per heavy atom. The second kappa shape index (κ2) is 5.99. The number of nitrogens with zero attached hydrogens (tertiary/aromatic N) is 5. The van der Waals surface area contributed by atoms with Gasteiger partial charge in [-0.25, -0.2) is 9.97 Å². The largest absolute Gasteiger partial charge is 0.378 e. The number of carbonyl (C=O) groups is 1. The van der Waals surface area contributed by atoms with Crippen molar-refractivity contribution in [3.05, 3.63) is 22.1 Å². The second-order valence-electron chi connectivity index (χ2n) is 7.15. The Hall–Kier alpha value is -2.06. The lowest BCUT2D eigenvalue weighted by Crippen LogP contribution is -2.41. The zero-order chi connectivity index (χ0) is 17.8. The van der Waals surface area contributed by atoms with Crippen LogP contribution in [0.4, 0.5) is 0 Å². The summed E-state index contributed by atoms with van der Waals surface area (Å²) in [5.74, 6) is 1.40. The summed E-state index contributed by atoms with van der Waals surface area (Å²) in [7, 11) is 0. The maximum atomic E-state index is 12.8. The van der Waals surface area contributed by atoms with Crippen molar-refractivity contribution in [2.24, 2.45) is 0 Å². The van der Waals surface area contributed by atoms with Gasteiger partial charge in [0.15, 0.2) is 5.65 Å². The predicted octanol–water partition coefficient (Wildman–Crippen LogP) is 2.56. The quantitative estimate of drug-likeness (QED) is 0.657. The Labute approximate surface area is 155 Å². The number of hydrogen-bond acceptors (Lipinski definition) is 6.